The quantitative estimate of drug-likeness (QED) is 0.770. The smallest absolute Gasteiger partial charge is 0.309 e. The van der Waals surface area contributed by atoms with Crippen molar-refractivity contribution in [1.82, 2.24) is 0 Å². The molecule has 0 aromatic heterocycles. The Morgan fingerprint density at radius 1 is 1.29 bits per heavy atom. The second kappa shape index (κ2) is 5.62. The summed E-state index contributed by atoms with van der Waals surface area (Å²) in [7, 11) is 0. The standard InChI is InChI=1S/C14H18O3/c1-14(2,13(16)17)9-3-4-11-5-7-12(10-15)8-6-11/h5-8,10H,3-4,9H2,1-2H3,(H,16,17). The second-order valence-corrected chi connectivity index (χ2v) is 4.90. The van der Waals surface area contributed by atoms with Crippen LogP contribution in [-0.2, 0) is 11.2 Å². The van der Waals surface area contributed by atoms with E-state index in [2.05, 4.69) is 0 Å². The summed E-state index contributed by atoms with van der Waals surface area (Å²) in [4.78, 5) is 21.4. The van der Waals surface area contributed by atoms with Crippen molar-refractivity contribution >= 4 is 12.3 Å². The van der Waals surface area contributed by atoms with E-state index in [0.29, 0.717) is 12.0 Å². The zero-order valence-corrected chi connectivity index (χ0v) is 10.3. The summed E-state index contributed by atoms with van der Waals surface area (Å²) < 4.78 is 0. The predicted octanol–water partition coefficient (Wildman–Crippen LogP) is 2.93. The number of carboxylic acids is 1. The van der Waals surface area contributed by atoms with Crippen LogP contribution in [-0.4, -0.2) is 17.4 Å². The van der Waals surface area contributed by atoms with E-state index in [1.54, 1.807) is 26.0 Å². The normalized spacial score (nSPS) is 11.2. The van der Waals surface area contributed by atoms with Crippen molar-refractivity contribution in [3.63, 3.8) is 0 Å². The third kappa shape index (κ3) is 4.02. The lowest BCUT2D eigenvalue weighted by Crippen LogP contribution is -2.23. The van der Waals surface area contributed by atoms with Crippen molar-refractivity contribution in [2.45, 2.75) is 33.1 Å². The molecule has 0 saturated carbocycles. The summed E-state index contributed by atoms with van der Waals surface area (Å²) in [6.45, 7) is 3.48. The Bertz CT molecular complexity index is 390. The van der Waals surface area contributed by atoms with Gasteiger partial charge in [0.1, 0.15) is 6.29 Å². The first-order valence-corrected chi connectivity index (χ1v) is 5.73. The van der Waals surface area contributed by atoms with E-state index in [-0.39, 0.29) is 0 Å². The van der Waals surface area contributed by atoms with Crippen LogP contribution in [0, 0.1) is 5.41 Å². The zero-order valence-electron chi connectivity index (χ0n) is 10.3. The molecule has 0 saturated heterocycles. The van der Waals surface area contributed by atoms with Crippen LogP contribution in [0.3, 0.4) is 0 Å². The van der Waals surface area contributed by atoms with Gasteiger partial charge in [0.05, 0.1) is 5.41 Å². The summed E-state index contributed by atoms with van der Waals surface area (Å²) in [6, 6.07) is 7.39. The average molecular weight is 234 g/mol. The first-order chi connectivity index (χ1) is 7.95. The Kier molecular flexibility index (Phi) is 4.44. The van der Waals surface area contributed by atoms with E-state index < -0.39 is 11.4 Å². The Morgan fingerprint density at radius 2 is 1.88 bits per heavy atom. The van der Waals surface area contributed by atoms with E-state index in [1.165, 1.54) is 0 Å². The number of rotatable bonds is 6. The molecule has 3 heteroatoms. The highest BCUT2D eigenvalue weighted by atomic mass is 16.4. The van der Waals surface area contributed by atoms with Gasteiger partial charge in [-0.05, 0) is 38.7 Å². The van der Waals surface area contributed by atoms with Crippen molar-refractivity contribution in [3.05, 3.63) is 35.4 Å². The van der Waals surface area contributed by atoms with Gasteiger partial charge in [0.2, 0.25) is 0 Å². The molecular formula is C14H18O3. The highest BCUT2D eigenvalue weighted by Crippen LogP contribution is 2.23. The molecule has 0 spiro atoms. The van der Waals surface area contributed by atoms with Crippen LogP contribution in [0.25, 0.3) is 0 Å². The molecule has 1 N–H and O–H groups in total. The molecule has 0 unspecified atom stereocenters. The largest absolute Gasteiger partial charge is 0.481 e. The number of aryl methyl sites for hydroxylation is 1. The maximum atomic E-state index is 10.9. The van der Waals surface area contributed by atoms with Crippen LogP contribution in [0.1, 0.15) is 42.6 Å². The highest BCUT2D eigenvalue weighted by molar-refractivity contribution is 5.74. The van der Waals surface area contributed by atoms with Crippen molar-refractivity contribution < 1.29 is 14.7 Å². The monoisotopic (exact) mass is 234 g/mol. The minimum atomic E-state index is -0.756. The molecule has 0 aliphatic carbocycles. The van der Waals surface area contributed by atoms with Crippen LogP contribution in [0.15, 0.2) is 24.3 Å². The number of hydrogen-bond donors (Lipinski definition) is 1. The van der Waals surface area contributed by atoms with Gasteiger partial charge >= 0.3 is 5.97 Å². The number of aldehydes is 1. The molecule has 1 aromatic rings. The third-order valence-electron chi connectivity index (χ3n) is 2.96. The molecule has 0 atom stereocenters. The van der Waals surface area contributed by atoms with E-state index in [4.69, 9.17) is 5.11 Å². The van der Waals surface area contributed by atoms with Gasteiger partial charge < -0.3 is 5.11 Å². The molecule has 0 radical (unpaired) electrons. The molecule has 0 heterocycles. The number of carbonyl (C=O) groups excluding carboxylic acids is 1. The van der Waals surface area contributed by atoms with E-state index in [1.807, 2.05) is 12.1 Å². The fourth-order valence-corrected chi connectivity index (χ4v) is 1.60. The predicted molar refractivity (Wildman–Crippen MR) is 66.2 cm³/mol. The van der Waals surface area contributed by atoms with Crippen molar-refractivity contribution in [2.24, 2.45) is 5.41 Å². The van der Waals surface area contributed by atoms with Crippen molar-refractivity contribution in [1.29, 1.82) is 0 Å². The molecule has 0 aliphatic heterocycles. The minimum Gasteiger partial charge on any atom is -0.481 e. The zero-order chi connectivity index (χ0) is 12.9. The van der Waals surface area contributed by atoms with E-state index >= 15 is 0 Å². The maximum absolute atomic E-state index is 10.9. The summed E-state index contributed by atoms with van der Waals surface area (Å²) in [5.41, 5.74) is 1.14. The maximum Gasteiger partial charge on any atom is 0.309 e. The Hall–Kier alpha value is -1.64. The van der Waals surface area contributed by atoms with E-state index in [0.717, 1.165) is 24.7 Å². The van der Waals surface area contributed by atoms with E-state index in [9.17, 15) is 9.59 Å². The first-order valence-electron chi connectivity index (χ1n) is 5.73. The number of carbonyl (C=O) groups is 2. The fraction of sp³-hybridized carbons (Fsp3) is 0.429. The molecule has 0 amide bonds. The van der Waals surface area contributed by atoms with Crippen molar-refractivity contribution in [3.8, 4) is 0 Å². The number of carboxylic acid groups (broad SMARTS) is 1. The number of aliphatic carboxylic acids is 1. The van der Waals surface area contributed by atoms with Crippen LogP contribution >= 0.6 is 0 Å². The van der Waals surface area contributed by atoms with Crippen molar-refractivity contribution in [2.75, 3.05) is 0 Å². The molecule has 3 nitrogen and oxygen atoms in total. The lowest BCUT2D eigenvalue weighted by molar-refractivity contribution is -0.147. The lowest BCUT2D eigenvalue weighted by atomic mass is 9.87. The lowest BCUT2D eigenvalue weighted by Gasteiger charge is -2.18. The van der Waals surface area contributed by atoms with Gasteiger partial charge in [-0.2, -0.15) is 0 Å². The summed E-state index contributed by atoms with van der Waals surface area (Å²) >= 11 is 0. The van der Waals surface area contributed by atoms with Gasteiger partial charge in [0, 0.05) is 5.56 Å². The van der Waals surface area contributed by atoms with Crippen LogP contribution in [0.4, 0.5) is 0 Å². The van der Waals surface area contributed by atoms with Gasteiger partial charge in [-0.25, -0.2) is 0 Å². The topological polar surface area (TPSA) is 54.4 Å². The molecule has 1 rings (SSSR count). The summed E-state index contributed by atoms with van der Waals surface area (Å²) in [5.74, 6) is -0.756. The molecule has 0 aliphatic rings. The summed E-state index contributed by atoms with van der Waals surface area (Å²) in [5, 5.41) is 8.97. The number of benzene rings is 1. The highest BCUT2D eigenvalue weighted by Gasteiger charge is 2.25. The summed E-state index contributed by atoms with van der Waals surface area (Å²) in [6.07, 6.45) is 3.14. The molecular weight excluding hydrogens is 216 g/mol. The second-order valence-electron chi connectivity index (χ2n) is 4.90. The Morgan fingerprint density at radius 3 is 2.35 bits per heavy atom. The van der Waals surface area contributed by atoms with Gasteiger partial charge in [-0.15, -0.1) is 0 Å². The number of hydrogen-bond acceptors (Lipinski definition) is 2. The van der Waals surface area contributed by atoms with Crippen LogP contribution < -0.4 is 0 Å². The third-order valence-corrected chi connectivity index (χ3v) is 2.96. The van der Waals surface area contributed by atoms with Gasteiger partial charge in [0.25, 0.3) is 0 Å². The first kappa shape index (κ1) is 13.4. The fourth-order valence-electron chi connectivity index (χ4n) is 1.60. The molecule has 0 bridgehead atoms. The Balaban J connectivity index is 2.45. The SMILES string of the molecule is CC(C)(CCCc1ccc(C=O)cc1)C(=O)O. The van der Waals surface area contributed by atoms with Gasteiger partial charge in [-0.1, -0.05) is 24.3 Å². The van der Waals surface area contributed by atoms with Gasteiger partial charge in [0.15, 0.2) is 0 Å². The molecule has 17 heavy (non-hydrogen) atoms. The van der Waals surface area contributed by atoms with Crippen LogP contribution in [0.5, 0.6) is 0 Å². The molecule has 92 valence electrons. The minimum absolute atomic E-state index is 0.651. The van der Waals surface area contributed by atoms with Crippen LogP contribution in [0.2, 0.25) is 0 Å². The Labute approximate surface area is 101 Å². The average Bonchev–Trinajstić information content (AvgIpc) is 2.29. The van der Waals surface area contributed by atoms with Gasteiger partial charge in [-0.3, -0.25) is 9.59 Å². The molecule has 0 fully saturated rings. The molecule has 1 aromatic carbocycles.